The molecular formula is C14H27ClO5. The van der Waals surface area contributed by atoms with E-state index in [2.05, 4.69) is 0 Å². The number of rotatable bonds is 10. The van der Waals surface area contributed by atoms with Gasteiger partial charge in [-0.05, 0) is 26.7 Å². The Labute approximate surface area is 126 Å². The summed E-state index contributed by atoms with van der Waals surface area (Å²) in [5.41, 5.74) is 0. The summed E-state index contributed by atoms with van der Waals surface area (Å²) in [4.78, 5) is 11.8. The minimum absolute atomic E-state index is 0.133. The van der Waals surface area contributed by atoms with E-state index in [9.17, 15) is 4.79 Å². The highest BCUT2D eigenvalue weighted by Crippen LogP contribution is 2.33. The molecule has 5 nitrogen and oxygen atoms in total. The van der Waals surface area contributed by atoms with Crippen LogP contribution in [0.4, 0.5) is 0 Å². The van der Waals surface area contributed by atoms with Crippen molar-refractivity contribution in [3.05, 3.63) is 0 Å². The van der Waals surface area contributed by atoms with Crippen molar-refractivity contribution in [1.82, 2.24) is 0 Å². The molecule has 0 amide bonds. The lowest BCUT2D eigenvalue weighted by Gasteiger charge is -2.33. The van der Waals surface area contributed by atoms with Gasteiger partial charge in [0.15, 0.2) is 12.1 Å². The lowest BCUT2D eigenvalue weighted by molar-refractivity contribution is -0.200. The third-order valence-corrected chi connectivity index (χ3v) is 4.00. The lowest BCUT2D eigenvalue weighted by atomic mass is 9.85. The van der Waals surface area contributed by atoms with Gasteiger partial charge in [0.05, 0.1) is 0 Å². The van der Waals surface area contributed by atoms with Crippen molar-refractivity contribution in [3.63, 3.8) is 0 Å². The first-order chi connectivity index (χ1) is 9.14. The third kappa shape index (κ3) is 5.66. The molecule has 0 spiro atoms. The number of alkyl halides is 1. The summed E-state index contributed by atoms with van der Waals surface area (Å²) in [5.74, 6) is -1.55. The highest BCUT2D eigenvalue weighted by Gasteiger charge is 2.39. The Bertz CT molecular complexity index is 292. The van der Waals surface area contributed by atoms with Gasteiger partial charge in [-0.25, -0.2) is 0 Å². The van der Waals surface area contributed by atoms with E-state index in [0.717, 1.165) is 0 Å². The molecule has 120 valence electrons. The van der Waals surface area contributed by atoms with E-state index < -0.39 is 17.0 Å². The van der Waals surface area contributed by atoms with Crippen molar-refractivity contribution in [3.8, 4) is 0 Å². The first kappa shape index (κ1) is 19.8. The summed E-state index contributed by atoms with van der Waals surface area (Å²) in [7, 11) is 6.00. The molecule has 0 rings (SSSR count). The molecule has 0 fully saturated rings. The summed E-state index contributed by atoms with van der Waals surface area (Å²) < 4.78 is 20.7. The van der Waals surface area contributed by atoms with Crippen LogP contribution in [-0.2, 0) is 23.7 Å². The summed E-state index contributed by atoms with van der Waals surface area (Å²) >= 11 is 6.39. The van der Waals surface area contributed by atoms with E-state index in [-0.39, 0.29) is 18.1 Å². The Balaban J connectivity index is 4.96. The van der Waals surface area contributed by atoms with E-state index in [1.54, 1.807) is 21.1 Å². The van der Waals surface area contributed by atoms with E-state index >= 15 is 0 Å². The fourth-order valence-corrected chi connectivity index (χ4v) is 2.01. The topological polar surface area (TPSA) is 54.0 Å². The van der Waals surface area contributed by atoms with Gasteiger partial charge in [-0.2, -0.15) is 0 Å². The van der Waals surface area contributed by atoms with Crippen LogP contribution in [0, 0.1) is 5.92 Å². The number of hydrogen-bond donors (Lipinski definition) is 0. The van der Waals surface area contributed by atoms with Gasteiger partial charge in [0.1, 0.15) is 0 Å². The molecule has 0 aliphatic rings. The maximum atomic E-state index is 12.4. The Morgan fingerprint density at radius 2 is 1.50 bits per heavy atom. The number of carbonyl (C=O) groups excluding carboxylic acids is 1. The molecule has 0 aromatic carbocycles. The molecule has 1 unspecified atom stereocenters. The number of ether oxygens (including phenoxy) is 4. The largest absolute Gasteiger partial charge is 0.356 e. The quantitative estimate of drug-likeness (QED) is 0.458. The molecule has 0 aliphatic carbocycles. The number of hydrogen-bond acceptors (Lipinski definition) is 5. The predicted octanol–water partition coefficient (Wildman–Crippen LogP) is 2.60. The van der Waals surface area contributed by atoms with Gasteiger partial charge in [-0.1, -0.05) is 0 Å². The number of halogens is 1. The minimum Gasteiger partial charge on any atom is -0.356 e. The van der Waals surface area contributed by atoms with Gasteiger partial charge >= 0.3 is 0 Å². The maximum Gasteiger partial charge on any atom is 0.225 e. The van der Waals surface area contributed by atoms with Crippen molar-refractivity contribution in [2.45, 2.75) is 50.6 Å². The Morgan fingerprint density at radius 3 is 1.80 bits per heavy atom. The molecule has 1 atom stereocenters. The van der Waals surface area contributed by atoms with Crippen molar-refractivity contribution >= 4 is 17.4 Å². The molecule has 0 saturated heterocycles. The number of methoxy groups -OCH3 is 4. The predicted molar refractivity (Wildman–Crippen MR) is 77.9 cm³/mol. The molecule has 0 saturated carbocycles. The third-order valence-electron chi connectivity index (χ3n) is 3.69. The first-order valence-electron chi connectivity index (χ1n) is 6.52. The van der Waals surface area contributed by atoms with Gasteiger partial charge in [-0.3, -0.25) is 4.79 Å². The lowest BCUT2D eigenvalue weighted by Crippen LogP contribution is -2.43. The highest BCUT2D eigenvalue weighted by atomic mass is 35.5. The molecule has 0 bridgehead atoms. The zero-order valence-corrected chi connectivity index (χ0v) is 14.2. The van der Waals surface area contributed by atoms with Gasteiger partial charge < -0.3 is 18.9 Å². The van der Waals surface area contributed by atoms with E-state index in [1.807, 2.05) is 13.8 Å². The normalized spacial score (nSPS) is 14.7. The van der Waals surface area contributed by atoms with Crippen LogP contribution in [0.3, 0.4) is 0 Å². The summed E-state index contributed by atoms with van der Waals surface area (Å²) in [6, 6.07) is 0. The summed E-state index contributed by atoms with van der Waals surface area (Å²) in [5, 5.41) is 0. The fourth-order valence-electron chi connectivity index (χ4n) is 1.85. The van der Waals surface area contributed by atoms with Crippen LogP contribution in [0.1, 0.15) is 33.6 Å². The molecule has 0 aromatic rings. The van der Waals surface area contributed by atoms with E-state index in [4.69, 9.17) is 30.5 Å². The maximum absolute atomic E-state index is 12.4. The average molecular weight is 311 g/mol. The van der Waals surface area contributed by atoms with Gasteiger partial charge in [0, 0.05) is 46.2 Å². The van der Waals surface area contributed by atoms with Crippen LogP contribution in [0.5, 0.6) is 0 Å². The van der Waals surface area contributed by atoms with Crippen LogP contribution in [-0.4, -0.2) is 51.2 Å². The molecule has 0 radical (unpaired) electrons. The van der Waals surface area contributed by atoms with Crippen LogP contribution >= 0.6 is 11.6 Å². The monoisotopic (exact) mass is 310 g/mol. The van der Waals surface area contributed by atoms with Crippen molar-refractivity contribution in [2.75, 3.05) is 28.4 Å². The van der Waals surface area contributed by atoms with Crippen molar-refractivity contribution in [2.24, 2.45) is 5.92 Å². The average Bonchev–Trinajstić information content (AvgIpc) is 2.40. The van der Waals surface area contributed by atoms with Crippen LogP contribution < -0.4 is 0 Å². The molecular weight excluding hydrogens is 284 g/mol. The van der Waals surface area contributed by atoms with E-state index in [0.29, 0.717) is 6.42 Å². The molecule has 0 aromatic heterocycles. The number of ketones is 1. The molecule has 20 heavy (non-hydrogen) atoms. The number of carbonyl (C=O) groups is 1. The summed E-state index contributed by atoms with van der Waals surface area (Å²) in [6.07, 6.45) is 0.332. The van der Waals surface area contributed by atoms with Gasteiger partial charge in [0.2, 0.25) is 5.79 Å². The van der Waals surface area contributed by atoms with Crippen LogP contribution in [0.15, 0.2) is 0 Å². The van der Waals surface area contributed by atoms with Crippen LogP contribution in [0.25, 0.3) is 0 Å². The minimum atomic E-state index is -1.25. The Hall–Kier alpha value is -0.200. The Kier molecular flexibility index (Phi) is 8.21. The molecule has 0 heterocycles. The van der Waals surface area contributed by atoms with Crippen molar-refractivity contribution in [1.29, 1.82) is 0 Å². The molecule has 0 N–H and O–H groups in total. The SMILES string of the molecule is COC(CC(CC(=O)C(C)(OC)OC)C(C)(C)Cl)OC. The molecule has 6 heteroatoms. The zero-order chi connectivity index (χ0) is 16.0. The second kappa shape index (κ2) is 8.29. The zero-order valence-electron chi connectivity index (χ0n) is 13.5. The highest BCUT2D eigenvalue weighted by molar-refractivity contribution is 6.23. The Morgan fingerprint density at radius 1 is 1.05 bits per heavy atom. The van der Waals surface area contributed by atoms with E-state index in [1.165, 1.54) is 14.2 Å². The van der Waals surface area contributed by atoms with Gasteiger partial charge in [0.25, 0.3) is 0 Å². The summed E-state index contributed by atoms with van der Waals surface area (Å²) in [6.45, 7) is 5.33. The number of Topliss-reactive ketones (excluding diaryl/α,β-unsaturated/α-hetero) is 1. The standard InChI is InChI=1S/C14H27ClO5/c1-13(2,15)10(9-12(17-4)18-5)8-11(16)14(3,19-6)20-7/h10,12H,8-9H2,1-7H3. The second-order valence-corrected chi connectivity index (χ2v) is 6.35. The smallest absolute Gasteiger partial charge is 0.225 e. The first-order valence-corrected chi connectivity index (χ1v) is 6.90. The van der Waals surface area contributed by atoms with Gasteiger partial charge in [-0.15, -0.1) is 11.6 Å². The van der Waals surface area contributed by atoms with Crippen LogP contribution in [0.2, 0.25) is 0 Å². The fraction of sp³-hybridized carbons (Fsp3) is 0.929. The van der Waals surface area contributed by atoms with Crippen molar-refractivity contribution < 1.29 is 23.7 Å². The second-order valence-electron chi connectivity index (χ2n) is 5.38. The molecule has 0 aliphatic heterocycles.